The molecule has 0 spiro atoms. The lowest BCUT2D eigenvalue weighted by atomic mass is 10.3. The van der Waals surface area contributed by atoms with Crippen LogP contribution in [0, 0.1) is 0 Å². The third kappa shape index (κ3) is 3.74. The normalized spacial score (nSPS) is 9.65. The quantitative estimate of drug-likeness (QED) is 0.866. The lowest BCUT2D eigenvalue weighted by Gasteiger charge is -2.20. The molecule has 0 atom stereocenters. The number of nitrogens with zero attached hydrogens (tertiary/aromatic N) is 2. The van der Waals surface area contributed by atoms with Crippen molar-refractivity contribution in [1.29, 1.82) is 0 Å². The van der Waals surface area contributed by atoms with Crippen molar-refractivity contribution in [3.63, 3.8) is 0 Å². The first kappa shape index (κ1) is 13.5. The van der Waals surface area contributed by atoms with Gasteiger partial charge in [0.2, 0.25) is 0 Å². The van der Waals surface area contributed by atoms with Crippen LogP contribution < -0.4 is 5.32 Å². The molecule has 5 nitrogen and oxygen atoms in total. The summed E-state index contributed by atoms with van der Waals surface area (Å²) in [6, 6.07) is 6.27. The highest BCUT2D eigenvalue weighted by atomic mass is 79.9. The zero-order valence-corrected chi connectivity index (χ0v) is 11.5. The fraction of sp³-hybridized carbons (Fsp3) is 0.273. The molecule has 0 bridgehead atoms. The van der Waals surface area contributed by atoms with Crippen molar-refractivity contribution < 1.29 is 9.59 Å². The van der Waals surface area contributed by atoms with E-state index in [0.717, 1.165) is 9.37 Å². The average Bonchev–Trinajstić information content (AvgIpc) is 2.30. The summed E-state index contributed by atoms with van der Waals surface area (Å²) in [7, 11) is 4.61. The second-order valence-electron chi connectivity index (χ2n) is 3.67. The van der Waals surface area contributed by atoms with Crippen LogP contribution in [0.3, 0.4) is 0 Å². The van der Waals surface area contributed by atoms with Gasteiger partial charge in [-0.15, -0.1) is 0 Å². The highest BCUT2D eigenvalue weighted by molar-refractivity contribution is 9.10. The molecule has 0 radical (unpaired) electrons. The van der Waals surface area contributed by atoms with E-state index in [-0.39, 0.29) is 6.03 Å². The molecular formula is C11H14BrN3O2. The molecule has 17 heavy (non-hydrogen) atoms. The Hall–Kier alpha value is -1.56. The Labute approximate surface area is 109 Å². The molecule has 0 aliphatic carbocycles. The fourth-order valence-electron chi connectivity index (χ4n) is 1.13. The van der Waals surface area contributed by atoms with Crippen LogP contribution in [-0.4, -0.2) is 43.0 Å². The first-order valence-electron chi connectivity index (χ1n) is 4.93. The number of halogens is 1. The van der Waals surface area contributed by atoms with Crippen LogP contribution in [0.25, 0.3) is 0 Å². The summed E-state index contributed by atoms with van der Waals surface area (Å²) in [4.78, 5) is 25.6. The standard InChI is InChI=1S/C11H14BrN3O2/c1-14(2)11(17)15(3)10(16)13-9-6-4-8(12)5-7-9/h4-7H,1-3H3,(H,13,16). The summed E-state index contributed by atoms with van der Waals surface area (Å²) in [6.45, 7) is 0. The van der Waals surface area contributed by atoms with Crippen LogP contribution in [0.2, 0.25) is 0 Å². The van der Waals surface area contributed by atoms with E-state index in [2.05, 4.69) is 21.2 Å². The minimum Gasteiger partial charge on any atom is -0.330 e. The van der Waals surface area contributed by atoms with Gasteiger partial charge in [-0.25, -0.2) is 14.5 Å². The van der Waals surface area contributed by atoms with Gasteiger partial charge in [-0.1, -0.05) is 15.9 Å². The van der Waals surface area contributed by atoms with Gasteiger partial charge in [0.05, 0.1) is 0 Å². The number of carbonyl (C=O) groups is 2. The van der Waals surface area contributed by atoms with Crippen LogP contribution >= 0.6 is 15.9 Å². The maximum atomic E-state index is 11.7. The molecule has 0 aliphatic rings. The summed E-state index contributed by atoms with van der Waals surface area (Å²) in [5, 5.41) is 2.62. The molecule has 4 amide bonds. The summed E-state index contributed by atoms with van der Waals surface area (Å²) < 4.78 is 0.924. The molecule has 0 saturated carbocycles. The van der Waals surface area contributed by atoms with E-state index in [1.807, 2.05) is 12.1 Å². The maximum absolute atomic E-state index is 11.7. The number of hydrogen-bond acceptors (Lipinski definition) is 2. The zero-order chi connectivity index (χ0) is 13.0. The van der Waals surface area contributed by atoms with Crippen molar-refractivity contribution in [2.24, 2.45) is 0 Å². The van der Waals surface area contributed by atoms with E-state index < -0.39 is 6.03 Å². The van der Waals surface area contributed by atoms with E-state index in [4.69, 9.17) is 0 Å². The number of anilines is 1. The molecule has 1 aromatic rings. The van der Waals surface area contributed by atoms with Crippen LogP contribution in [0.4, 0.5) is 15.3 Å². The Balaban J connectivity index is 2.66. The molecule has 6 heteroatoms. The van der Waals surface area contributed by atoms with Crippen molar-refractivity contribution in [3.8, 4) is 0 Å². The van der Waals surface area contributed by atoms with Gasteiger partial charge in [-0.05, 0) is 24.3 Å². The van der Waals surface area contributed by atoms with E-state index >= 15 is 0 Å². The number of nitrogens with one attached hydrogen (secondary N) is 1. The second kappa shape index (κ2) is 5.67. The SMILES string of the molecule is CN(C)C(=O)N(C)C(=O)Nc1ccc(Br)cc1. The zero-order valence-electron chi connectivity index (χ0n) is 9.90. The minimum atomic E-state index is -0.467. The van der Waals surface area contributed by atoms with Gasteiger partial charge in [0, 0.05) is 31.3 Å². The predicted molar refractivity (Wildman–Crippen MR) is 70.0 cm³/mol. The van der Waals surface area contributed by atoms with Gasteiger partial charge in [0.25, 0.3) is 0 Å². The Bertz CT molecular complexity index is 417. The predicted octanol–water partition coefficient (Wildman–Crippen LogP) is 2.59. The van der Waals surface area contributed by atoms with Crippen LogP contribution in [-0.2, 0) is 0 Å². The van der Waals surface area contributed by atoms with Crippen LogP contribution in [0.15, 0.2) is 28.7 Å². The molecule has 1 aromatic carbocycles. The molecule has 0 aromatic heterocycles. The summed E-state index contributed by atoms with van der Waals surface area (Å²) in [6.07, 6.45) is 0. The largest absolute Gasteiger partial charge is 0.330 e. The van der Waals surface area contributed by atoms with Crippen LogP contribution in [0.5, 0.6) is 0 Å². The Morgan fingerprint density at radius 1 is 1.12 bits per heavy atom. The third-order valence-electron chi connectivity index (χ3n) is 2.07. The molecule has 0 aliphatic heterocycles. The Kier molecular flexibility index (Phi) is 4.51. The minimum absolute atomic E-state index is 0.375. The lowest BCUT2D eigenvalue weighted by Crippen LogP contribution is -2.42. The molecule has 0 fully saturated rings. The molecule has 0 saturated heterocycles. The maximum Gasteiger partial charge on any atom is 0.329 e. The van der Waals surface area contributed by atoms with Gasteiger partial charge in [-0.2, -0.15) is 0 Å². The number of carbonyl (C=O) groups excluding carboxylic acids is 2. The van der Waals surface area contributed by atoms with Gasteiger partial charge >= 0.3 is 12.1 Å². The Morgan fingerprint density at radius 3 is 2.12 bits per heavy atom. The number of rotatable bonds is 1. The van der Waals surface area contributed by atoms with E-state index in [1.165, 1.54) is 11.9 Å². The van der Waals surface area contributed by atoms with Gasteiger partial charge in [-0.3, -0.25) is 0 Å². The van der Waals surface area contributed by atoms with Crippen LogP contribution in [0.1, 0.15) is 0 Å². The van der Waals surface area contributed by atoms with Crippen molar-refractivity contribution >= 4 is 33.7 Å². The first-order valence-corrected chi connectivity index (χ1v) is 5.72. The Morgan fingerprint density at radius 2 is 1.65 bits per heavy atom. The molecule has 1 rings (SSSR count). The van der Waals surface area contributed by atoms with Crippen molar-refractivity contribution in [2.45, 2.75) is 0 Å². The summed E-state index contributed by atoms with van der Waals surface area (Å²) in [5.74, 6) is 0. The monoisotopic (exact) mass is 299 g/mol. The van der Waals surface area contributed by atoms with Gasteiger partial charge < -0.3 is 10.2 Å². The average molecular weight is 300 g/mol. The van der Waals surface area contributed by atoms with Crippen molar-refractivity contribution in [2.75, 3.05) is 26.5 Å². The molecule has 92 valence electrons. The smallest absolute Gasteiger partial charge is 0.329 e. The van der Waals surface area contributed by atoms with Gasteiger partial charge in [0.1, 0.15) is 0 Å². The highest BCUT2D eigenvalue weighted by Crippen LogP contribution is 2.14. The number of benzene rings is 1. The molecule has 0 heterocycles. The van der Waals surface area contributed by atoms with Gasteiger partial charge in [0.15, 0.2) is 0 Å². The van der Waals surface area contributed by atoms with Crippen molar-refractivity contribution in [1.82, 2.24) is 9.80 Å². The fourth-order valence-corrected chi connectivity index (χ4v) is 1.39. The van der Waals surface area contributed by atoms with E-state index in [1.54, 1.807) is 26.2 Å². The number of amides is 4. The molecule has 1 N–H and O–H groups in total. The second-order valence-corrected chi connectivity index (χ2v) is 4.59. The number of hydrogen-bond donors (Lipinski definition) is 1. The number of imide groups is 1. The lowest BCUT2D eigenvalue weighted by molar-refractivity contribution is 0.182. The topological polar surface area (TPSA) is 52.7 Å². The number of urea groups is 2. The summed E-state index contributed by atoms with van der Waals surface area (Å²) >= 11 is 3.30. The summed E-state index contributed by atoms with van der Waals surface area (Å²) in [5.41, 5.74) is 0.636. The highest BCUT2D eigenvalue weighted by Gasteiger charge is 2.18. The van der Waals surface area contributed by atoms with E-state index in [0.29, 0.717) is 5.69 Å². The molecule has 0 unspecified atom stereocenters. The third-order valence-corrected chi connectivity index (χ3v) is 2.60. The first-order chi connectivity index (χ1) is 7.91. The van der Waals surface area contributed by atoms with E-state index in [9.17, 15) is 9.59 Å². The molecular weight excluding hydrogens is 286 g/mol. The van der Waals surface area contributed by atoms with Crippen molar-refractivity contribution in [3.05, 3.63) is 28.7 Å².